The van der Waals surface area contributed by atoms with Gasteiger partial charge in [-0.2, -0.15) is 23.7 Å². The molecule has 0 fully saturated rings. The van der Waals surface area contributed by atoms with Crippen LogP contribution in [-0.2, 0) is 41.6 Å². The van der Waals surface area contributed by atoms with Crippen molar-refractivity contribution in [3.63, 3.8) is 0 Å². The lowest BCUT2D eigenvalue weighted by atomic mass is 9.99. The van der Waals surface area contributed by atoms with Crippen LogP contribution in [0.3, 0.4) is 0 Å². The zero-order valence-electron chi connectivity index (χ0n) is 62.6. The average molecular weight is 1570 g/mol. The standard InChI is InChI=1S/C19H20FN5O2.C16H11F4N5O2.C14H9FN6.C14H12N6O.C14H10N6/c1-11-14-8-16-17(18(26)27-9-19(2,3)4)21-10-24(16)13-6-5-12(20)7-15(13)25(14)23-22-11;1-8-11-5-13-14(15(26)27-6-16(18,19)20)21-7-24(13)10-3-2-9(17)4-12(10)25(11)23-22-8;1-8-12-5-13-10(6-16)17-7-20(13)11-3-2-9(15)4-14(11)21(12)19-18-8;1-8-11-6-12-13(14(15)21)16-7-19(12)9-4-2-3-5-10(9)20(11)18-17-8;1-9-13-6-14-10(7-15)16-8-19(14)11-4-2-3-5-12(11)20(13)18-17-9/h5-7,10H,8-9H2,1-4H3;2-4,7H,5-6H2,1H3;2-4,7H,5H2,1H3;2-5,7H,6H2,1H3,(H2,15,21);2-5,8H,6H2,1H3. The molecule has 2 N–H and O–H groups in total. The predicted octanol–water partition coefficient (Wildman–Crippen LogP) is 9.51. The number of ether oxygens (including phenoxy) is 2. The molecule has 0 bridgehead atoms. The number of alkyl halides is 3. The first kappa shape index (κ1) is 74.9. The number of esters is 2. The van der Waals surface area contributed by atoms with Crippen LogP contribution in [0.15, 0.2) is 135 Å². The molecule has 582 valence electrons. The second-order valence-corrected chi connectivity index (χ2v) is 28.4. The smallest absolute Gasteiger partial charge is 0.422 e. The van der Waals surface area contributed by atoms with Gasteiger partial charge in [0.1, 0.15) is 66.9 Å². The number of nitrogens with zero attached hydrogens (tertiary/aromatic N) is 27. The molecule has 10 aromatic heterocycles. The van der Waals surface area contributed by atoms with Crippen molar-refractivity contribution >= 4 is 17.8 Å². The molecule has 39 heteroatoms. The first-order chi connectivity index (χ1) is 55.6. The van der Waals surface area contributed by atoms with Crippen molar-refractivity contribution in [1.82, 2.24) is 123 Å². The number of halogens is 6. The summed E-state index contributed by atoms with van der Waals surface area (Å²) in [6.07, 6.45) is 5.17. The highest BCUT2D eigenvalue weighted by atomic mass is 19.4. The minimum Gasteiger partial charge on any atom is -0.460 e. The Morgan fingerprint density at radius 2 is 0.664 bits per heavy atom. The van der Waals surface area contributed by atoms with E-state index in [0.29, 0.717) is 106 Å². The van der Waals surface area contributed by atoms with E-state index in [1.54, 1.807) is 62.9 Å². The molecule has 15 aromatic rings. The van der Waals surface area contributed by atoms with Gasteiger partial charge < -0.3 is 15.2 Å². The van der Waals surface area contributed by atoms with Crippen molar-refractivity contribution in [3.8, 4) is 69.0 Å². The number of rotatable bonds is 5. The Labute approximate surface area is 651 Å². The molecular weight excluding hydrogens is 1510 g/mol. The van der Waals surface area contributed by atoms with E-state index in [0.717, 1.165) is 85.4 Å². The summed E-state index contributed by atoms with van der Waals surface area (Å²) in [7, 11) is 0. The maximum atomic E-state index is 13.9. The van der Waals surface area contributed by atoms with Crippen LogP contribution in [0, 0.1) is 80.1 Å². The van der Waals surface area contributed by atoms with Gasteiger partial charge in [-0.3, -0.25) is 27.6 Å². The molecule has 0 unspecified atom stereocenters. The Balaban J connectivity index is 0.000000109. The Morgan fingerprint density at radius 1 is 0.388 bits per heavy atom. The third kappa shape index (κ3) is 13.6. The van der Waals surface area contributed by atoms with E-state index < -0.39 is 36.4 Å². The highest BCUT2D eigenvalue weighted by Gasteiger charge is 2.36. The highest BCUT2D eigenvalue weighted by molar-refractivity contribution is 5.92. The summed E-state index contributed by atoms with van der Waals surface area (Å²) < 4.78 is 105. The zero-order valence-corrected chi connectivity index (χ0v) is 62.6. The normalized spacial score (nSPS) is 12.4. The minimum atomic E-state index is -4.64. The number of fused-ring (bicyclic) bond motifs is 25. The molecule has 0 spiro atoms. The first-order valence-corrected chi connectivity index (χ1v) is 35.6. The third-order valence-electron chi connectivity index (χ3n) is 19.6. The van der Waals surface area contributed by atoms with Crippen molar-refractivity contribution in [2.24, 2.45) is 11.1 Å². The molecule has 33 nitrogen and oxygen atoms in total. The van der Waals surface area contributed by atoms with E-state index in [1.807, 2.05) is 115 Å². The number of amides is 1. The van der Waals surface area contributed by atoms with Crippen molar-refractivity contribution in [1.29, 1.82) is 10.5 Å². The summed E-state index contributed by atoms with van der Waals surface area (Å²) in [6.45, 7) is 13.8. The van der Waals surface area contributed by atoms with Gasteiger partial charge in [0.15, 0.2) is 29.4 Å². The molecule has 0 radical (unpaired) electrons. The van der Waals surface area contributed by atoms with Crippen LogP contribution < -0.4 is 5.73 Å². The fraction of sp³-hybridized carbons (Fsp3) is 0.221. The van der Waals surface area contributed by atoms with Crippen LogP contribution >= 0.6 is 0 Å². The van der Waals surface area contributed by atoms with Crippen LogP contribution in [-0.4, -0.2) is 160 Å². The molecule has 5 aliphatic rings. The molecular formula is C77H62F6N28O5. The predicted molar refractivity (Wildman–Crippen MR) is 394 cm³/mol. The van der Waals surface area contributed by atoms with Crippen LogP contribution in [0.1, 0.15) is 149 Å². The Kier molecular flexibility index (Phi) is 18.8. The number of aromatic nitrogens is 25. The van der Waals surface area contributed by atoms with Gasteiger partial charge in [-0.15, -0.1) is 25.5 Å². The fourth-order valence-electron chi connectivity index (χ4n) is 14.0. The average Bonchev–Trinajstić information content (AvgIpc) is 1.61. The van der Waals surface area contributed by atoms with Gasteiger partial charge in [0, 0.05) is 50.3 Å². The number of imidazole rings is 5. The van der Waals surface area contributed by atoms with Crippen LogP contribution in [0.2, 0.25) is 0 Å². The highest BCUT2D eigenvalue weighted by Crippen LogP contribution is 2.37. The van der Waals surface area contributed by atoms with Gasteiger partial charge in [0.2, 0.25) is 0 Å². The molecule has 0 saturated carbocycles. The first-order valence-electron chi connectivity index (χ1n) is 35.6. The van der Waals surface area contributed by atoms with Gasteiger partial charge in [0.05, 0.1) is 149 Å². The second-order valence-electron chi connectivity index (χ2n) is 28.4. The van der Waals surface area contributed by atoms with Crippen LogP contribution in [0.4, 0.5) is 26.3 Å². The molecule has 0 atom stereocenters. The van der Waals surface area contributed by atoms with Crippen LogP contribution in [0.5, 0.6) is 0 Å². The van der Waals surface area contributed by atoms with E-state index in [-0.39, 0.29) is 34.9 Å². The maximum absolute atomic E-state index is 13.9. The molecule has 5 aliphatic heterocycles. The largest absolute Gasteiger partial charge is 0.460 e. The lowest BCUT2D eigenvalue weighted by Gasteiger charge is -2.17. The summed E-state index contributed by atoms with van der Waals surface area (Å²) in [5, 5.41) is 59.6. The summed E-state index contributed by atoms with van der Waals surface area (Å²) >= 11 is 0. The number of primary amides is 1. The molecule has 1 amide bonds. The summed E-state index contributed by atoms with van der Waals surface area (Å²) in [6, 6.07) is 32.8. The van der Waals surface area contributed by atoms with Gasteiger partial charge >= 0.3 is 18.1 Å². The monoisotopic (exact) mass is 1570 g/mol. The number of nitriles is 2. The van der Waals surface area contributed by atoms with Crippen molar-refractivity contribution < 1.29 is 50.2 Å². The topological polar surface area (TPSA) is 386 Å². The third-order valence-corrected chi connectivity index (χ3v) is 19.6. The SMILES string of the molecule is Cc1nnn2c1Cc1c(C#N)ncn1-c1ccc(F)cc1-2.Cc1nnn2c1Cc1c(C#N)ncn1-c1ccccc1-2.Cc1nnn2c1Cc1c(C(=O)OCC(C)(C)C)ncn1-c1ccc(F)cc1-2.Cc1nnn2c1Cc1c(C(=O)OCC(F)(F)F)ncn1-c1ccc(F)cc1-2.Cc1nnn2c1Cc1c(C(N)=O)ncn1-c1ccccc1-2. The van der Waals surface area contributed by atoms with E-state index in [2.05, 4.69) is 93.4 Å². The van der Waals surface area contributed by atoms with E-state index >= 15 is 0 Å². The lowest BCUT2D eigenvalue weighted by Crippen LogP contribution is -2.21. The molecule has 20 rings (SSSR count). The van der Waals surface area contributed by atoms with Gasteiger partial charge in [-0.1, -0.05) is 71.1 Å². The number of hydrogen-bond acceptors (Lipinski definition) is 22. The fourth-order valence-corrected chi connectivity index (χ4v) is 14.0. The van der Waals surface area contributed by atoms with Crippen LogP contribution in [0.25, 0.3) is 56.9 Å². The number of hydrogen-bond donors (Lipinski definition) is 1. The molecule has 116 heavy (non-hydrogen) atoms. The van der Waals surface area contributed by atoms with E-state index in [1.165, 1.54) is 58.0 Å². The molecule has 0 aliphatic carbocycles. The van der Waals surface area contributed by atoms with Crippen molar-refractivity contribution in [2.75, 3.05) is 13.2 Å². The number of carbonyl (C=O) groups excluding carboxylic acids is 3. The van der Waals surface area contributed by atoms with Gasteiger partial charge in [-0.25, -0.2) is 71.1 Å². The second kappa shape index (κ2) is 29.2. The lowest BCUT2D eigenvalue weighted by molar-refractivity contribution is -0.161. The van der Waals surface area contributed by atoms with Crippen molar-refractivity contribution in [3.05, 3.63) is 266 Å². The molecule has 0 saturated heterocycles. The number of carbonyl (C=O) groups is 3. The maximum Gasteiger partial charge on any atom is 0.422 e. The minimum absolute atomic E-state index is 0.103. The van der Waals surface area contributed by atoms with E-state index in [4.69, 9.17) is 10.5 Å². The zero-order chi connectivity index (χ0) is 81.5. The summed E-state index contributed by atoms with van der Waals surface area (Å²) in [5.74, 6) is -3.41. The van der Waals surface area contributed by atoms with Crippen molar-refractivity contribution in [2.45, 2.75) is 93.7 Å². The number of para-hydroxylation sites is 4. The molecule has 15 heterocycles. The van der Waals surface area contributed by atoms with Gasteiger partial charge in [-0.05, 0) is 101 Å². The summed E-state index contributed by atoms with van der Waals surface area (Å²) in [4.78, 5) is 57.1. The van der Waals surface area contributed by atoms with Gasteiger partial charge in [0.25, 0.3) is 5.91 Å². The quantitative estimate of drug-likeness (QED) is 0.124. The Hall–Kier alpha value is -15.2. The summed E-state index contributed by atoms with van der Waals surface area (Å²) in [5.41, 5.74) is 24.7. The molecule has 5 aromatic carbocycles. The van der Waals surface area contributed by atoms with E-state index in [9.17, 15) is 51.2 Å². The number of benzene rings is 5. The number of nitrogens with two attached hydrogens (primary N) is 1. The number of aryl methyl sites for hydroxylation is 5. The Bertz CT molecular complexity index is 6400. The Morgan fingerprint density at radius 3 is 0.983 bits per heavy atom.